The first-order valence-electron chi connectivity index (χ1n) is 4.29. The molecule has 0 heterocycles. The minimum Gasteiger partial charge on any atom is -0.492 e. The summed E-state index contributed by atoms with van der Waals surface area (Å²) >= 11 is 5.99. The first-order chi connectivity index (χ1) is 6.19. The topological polar surface area (TPSA) is 21.3 Å². The summed E-state index contributed by atoms with van der Waals surface area (Å²) in [6.45, 7) is 4.60. The van der Waals surface area contributed by atoms with Crippen LogP contribution in [0.15, 0.2) is 12.1 Å². The third kappa shape index (κ3) is 2.28. The van der Waals surface area contributed by atoms with Crippen LogP contribution in [-0.4, -0.2) is 13.7 Å². The minimum absolute atomic E-state index is 0.637. The summed E-state index contributed by atoms with van der Waals surface area (Å²) in [7, 11) is 1.87. The number of ether oxygens (including phenoxy) is 1. The molecule has 0 saturated carbocycles. The predicted octanol–water partition coefficient (Wildman–Crippen LogP) is 3.09. The average Bonchev–Trinajstić information content (AvgIpc) is 2.11. The van der Waals surface area contributed by atoms with Crippen LogP contribution in [0.2, 0.25) is 5.02 Å². The number of rotatable bonds is 3. The molecule has 0 atom stereocenters. The quantitative estimate of drug-likeness (QED) is 0.808. The van der Waals surface area contributed by atoms with Crippen molar-refractivity contribution in [2.45, 2.75) is 13.8 Å². The van der Waals surface area contributed by atoms with Crippen molar-refractivity contribution in [2.24, 2.45) is 0 Å². The maximum absolute atomic E-state index is 5.99. The van der Waals surface area contributed by atoms with Gasteiger partial charge in [0, 0.05) is 12.7 Å². The lowest BCUT2D eigenvalue weighted by Gasteiger charge is -2.10. The van der Waals surface area contributed by atoms with Gasteiger partial charge >= 0.3 is 0 Å². The second-order valence-corrected chi connectivity index (χ2v) is 3.19. The number of halogens is 1. The molecular formula is C10H14ClNO. The third-order valence-electron chi connectivity index (χ3n) is 1.85. The molecule has 3 heteroatoms. The molecule has 0 spiro atoms. The van der Waals surface area contributed by atoms with Crippen LogP contribution in [0, 0.1) is 6.92 Å². The van der Waals surface area contributed by atoms with E-state index in [1.165, 1.54) is 0 Å². The maximum Gasteiger partial charge on any atom is 0.138 e. The Hall–Kier alpha value is -0.890. The summed E-state index contributed by atoms with van der Waals surface area (Å²) in [5, 5.41) is 3.72. The molecule has 0 fully saturated rings. The predicted molar refractivity (Wildman–Crippen MR) is 56.9 cm³/mol. The molecular weight excluding hydrogens is 186 g/mol. The van der Waals surface area contributed by atoms with Gasteiger partial charge in [-0.05, 0) is 31.5 Å². The summed E-state index contributed by atoms with van der Waals surface area (Å²) in [4.78, 5) is 0. The summed E-state index contributed by atoms with van der Waals surface area (Å²) in [6, 6.07) is 3.82. The first kappa shape index (κ1) is 10.2. The van der Waals surface area contributed by atoms with E-state index in [-0.39, 0.29) is 0 Å². The number of benzene rings is 1. The van der Waals surface area contributed by atoms with Crippen LogP contribution >= 0.6 is 11.6 Å². The zero-order chi connectivity index (χ0) is 9.84. The molecule has 0 unspecified atom stereocenters. The fourth-order valence-corrected chi connectivity index (χ4v) is 1.41. The highest BCUT2D eigenvalue weighted by Crippen LogP contribution is 2.30. The van der Waals surface area contributed by atoms with Gasteiger partial charge in [-0.2, -0.15) is 0 Å². The molecule has 0 radical (unpaired) electrons. The number of aryl methyl sites for hydroxylation is 1. The van der Waals surface area contributed by atoms with Gasteiger partial charge in [0.1, 0.15) is 5.75 Å². The Balaban J connectivity index is 3.05. The maximum atomic E-state index is 5.99. The van der Waals surface area contributed by atoms with E-state index in [1.807, 2.05) is 33.0 Å². The van der Waals surface area contributed by atoms with Crippen molar-refractivity contribution in [3.63, 3.8) is 0 Å². The van der Waals surface area contributed by atoms with Crippen molar-refractivity contribution >= 4 is 17.3 Å². The smallest absolute Gasteiger partial charge is 0.138 e. The lowest BCUT2D eigenvalue weighted by molar-refractivity contribution is 0.340. The minimum atomic E-state index is 0.637. The van der Waals surface area contributed by atoms with Gasteiger partial charge < -0.3 is 10.1 Å². The lowest BCUT2D eigenvalue weighted by atomic mass is 10.2. The Morgan fingerprint density at radius 1 is 1.46 bits per heavy atom. The van der Waals surface area contributed by atoms with E-state index < -0.39 is 0 Å². The molecule has 13 heavy (non-hydrogen) atoms. The van der Waals surface area contributed by atoms with Gasteiger partial charge in [-0.3, -0.25) is 0 Å². The van der Waals surface area contributed by atoms with E-state index in [2.05, 4.69) is 5.32 Å². The summed E-state index contributed by atoms with van der Waals surface area (Å²) in [6.07, 6.45) is 0. The number of hydrogen-bond acceptors (Lipinski definition) is 2. The molecule has 0 aliphatic heterocycles. The van der Waals surface area contributed by atoms with E-state index in [0.717, 1.165) is 17.0 Å². The zero-order valence-electron chi connectivity index (χ0n) is 8.15. The van der Waals surface area contributed by atoms with Gasteiger partial charge in [-0.1, -0.05) is 11.6 Å². The van der Waals surface area contributed by atoms with Crippen LogP contribution in [0.5, 0.6) is 5.75 Å². The molecule has 1 aromatic rings. The molecule has 0 amide bonds. The van der Waals surface area contributed by atoms with E-state index in [9.17, 15) is 0 Å². The van der Waals surface area contributed by atoms with Gasteiger partial charge in [-0.15, -0.1) is 0 Å². The van der Waals surface area contributed by atoms with Crippen molar-refractivity contribution in [1.82, 2.24) is 0 Å². The third-order valence-corrected chi connectivity index (χ3v) is 2.14. The molecule has 0 aliphatic carbocycles. The van der Waals surface area contributed by atoms with Crippen molar-refractivity contribution in [3.05, 3.63) is 22.7 Å². The van der Waals surface area contributed by atoms with Crippen molar-refractivity contribution in [1.29, 1.82) is 0 Å². The Morgan fingerprint density at radius 3 is 2.69 bits per heavy atom. The fourth-order valence-electron chi connectivity index (χ4n) is 1.19. The van der Waals surface area contributed by atoms with Crippen molar-refractivity contribution in [3.8, 4) is 5.75 Å². The summed E-state index contributed by atoms with van der Waals surface area (Å²) in [5.41, 5.74) is 2.17. The lowest BCUT2D eigenvalue weighted by Crippen LogP contribution is -1.96. The zero-order valence-corrected chi connectivity index (χ0v) is 8.90. The molecule has 0 aliphatic rings. The number of anilines is 1. The normalized spacial score (nSPS) is 9.85. The van der Waals surface area contributed by atoms with E-state index in [0.29, 0.717) is 11.6 Å². The molecule has 72 valence electrons. The van der Waals surface area contributed by atoms with Crippen LogP contribution in [0.3, 0.4) is 0 Å². The molecule has 1 N–H and O–H groups in total. The van der Waals surface area contributed by atoms with E-state index in [4.69, 9.17) is 16.3 Å². The largest absolute Gasteiger partial charge is 0.492 e. The molecule has 1 aromatic carbocycles. The van der Waals surface area contributed by atoms with Crippen LogP contribution in [0.1, 0.15) is 12.5 Å². The molecule has 1 rings (SSSR count). The van der Waals surface area contributed by atoms with Crippen LogP contribution in [0.25, 0.3) is 0 Å². The SMILES string of the molecule is CCOc1cc(C)c(NC)cc1Cl. The number of hydrogen-bond donors (Lipinski definition) is 1. The fraction of sp³-hybridized carbons (Fsp3) is 0.400. The Labute approximate surface area is 83.9 Å². The van der Waals surface area contributed by atoms with E-state index in [1.54, 1.807) is 0 Å². The highest BCUT2D eigenvalue weighted by atomic mass is 35.5. The van der Waals surface area contributed by atoms with Crippen LogP contribution in [0.4, 0.5) is 5.69 Å². The second-order valence-electron chi connectivity index (χ2n) is 2.78. The Bertz CT molecular complexity index is 299. The Morgan fingerprint density at radius 2 is 2.15 bits per heavy atom. The Kier molecular flexibility index (Phi) is 3.43. The van der Waals surface area contributed by atoms with Crippen LogP contribution < -0.4 is 10.1 Å². The summed E-state index contributed by atoms with van der Waals surface area (Å²) in [5.74, 6) is 0.751. The van der Waals surface area contributed by atoms with E-state index >= 15 is 0 Å². The van der Waals surface area contributed by atoms with Gasteiger partial charge in [0.2, 0.25) is 0 Å². The molecule has 0 aromatic heterocycles. The van der Waals surface area contributed by atoms with Crippen molar-refractivity contribution < 1.29 is 4.74 Å². The highest BCUT2D eigenvalue weighted by Gasteiger charge is 2.04. The first-order valence-corrected chi connectivity index (χ1v) is 4.67. The standard InChI is InChI=1S/C10H14ClNO/c1-4-13-10-5-7(2)9(12-3)6-8(10)11/h5-6,12H,4H2,1-3H3. The van der Waals surface area contributed by atoms with Gasteiger partial charge in [0.25, 0.3) is 0 Å². The average molecular weight is 200 g/mol. The van der Waals surface area contributed by atoms with Gasteiger partial charge in [0.15, 0.2) is 0 Å². The molecule has 0 saturated heterocycles. The van der Waals surface area contributed by atoms with Gasteiger partial charge in [-0.25, -0.2) is 0 Å². The number of nitrogens with one attached hydrogen (secondary N) is 1. The molecule has 0 bridgehead atoms. The molecule has 2 nitrogen and oxygen atoms in total. The second kappa shape index (κ2) is 4.38. The van der Waals surface area contributed by atoms with Crippen LogP contribution in [-0.2, 0) is 0 Å². The summed E-state index contributed by atoms with van der Waals surface area (Å²) < 4.78 is 5.36. The monoisotopic (exact) mass is 199 g/mol. The van der Waals surface area contributed by atoms with Gasteiger partial charge in [0.05, 0.1) is 11.6 Å². The highest BCUT2D eigenvalue weighted by molar-refractivity contribution is 6.32. The van der Waals surface area contributed by atoms with Crippen molar-refractivity contribution in [2.75, 3.05) is 19.0 Å².